The molecule has 1 fully saturated rings. The summed E-state index contributed by atoms with van der Waals surface area (Å²) >= 11 is 0. The van der Waals surface area contributed by atoms with Gasteiger partial charge in [0.2, 0.25) is 6.79 Å². The molecular formula is C15H22N2O2. The summed E-state index contributed by atoms with van der Waals surface area (Å²) in [4.78, 5) is 2.42. The molecule has 0 aromatic heterocycles. The highest BCUT2D eigenvalue weighted by molar-refractivity contribution is 5.57. The van der Waals surface area contributed by atoms with Crippen LogP contribution in [0, 0.1) is 11.3 Å². The fourth-order valence-corrected chi connectivity index (χ4v) is 3.14. The molecule has 0 saturated carbocycles. The van der Waals surface area contributed by atoms with E-state index in [0.29, 0.717) is 12.7 Å². The third-order valence-electron chi connectivity index (χ3n) is 4.46. The molecule has 104 valence electrons. The maximum absolute atomic E-state index is 5.88. The van der Waals surface area contributed by atoms with Crippen molar-refractivity contribution in [1.82, 2.24) is 0 Å². The van der Waals surface area contributed by atoms with Gasteiger partial charge in [-0.25, -0.2) is 0 Å². The summed E-state index contributed by atoms with van der Waals surface area (Å²) in [6.07, 6.45) is 1.15. The lowest BCUT2D eigenvalue weighted by atomic mass is 9.74. The van der Waals surface area contributed by atoms with Crippen molar-refractivity contribution < 1.29 is 9.47 Å². The molecule has 2 aliphatic heterocycles. The van der Waals surface area contributed by atoms with Crippen molar-refractivity contribution in [3.8, 4) is 11.5 Å². The first-order valence-corrected chi connectivity index (χ1v) is 6.95. The van der Waals surface area contributed by atoms with Crippen molar-refractivity contribution in [3.05, 3.63) is 18.2 Å². The van der Waals surface area contributed by atoms with Gasteiger partial charge in [0.25, 0.3) is 0 Å². The van der Waals surface area contributed by atoms with Gasteiger partial charge in [-0.15, -0.1) is 0 Å². The first-order chi connectivity index (χ1) is 9.10. The Morgan fingerprint density at radius 2 is 2.11 bits per heavy atom. The zero-order chi connectivity index (χ0) is 13.5. The zero-order valence-electron chi connectivity index (χ0n) is 11.7. The van der Waals surface area contributed by atoms with Crippen LogP contribution in [0.4, 0.5) is 5.69 Å². The predicted molar refractivity (Wildman–Crippen MR) is 75.7 cm³/mol. The molecule has 19 heavy (non-hydrogen) atoms. The van der Waals surface area contributed by atoms with Crippen LogP contribution in [0.15, 0.2) is 18.2 Å². The molecule has 1 unspecified atom stereocenters. The number of fused-ring (bicyclic) bond motifs is 1. The lowest BCUT2D eigenvalue weighted by Crippen LogP contribution is -2.48. The average Bonchev–Trinajstić information content (AvgIpc) is 2.84. The number of nitrogens with two attached hydrogens (primary N) is 1. The zero-order valence-corrected chi connectivity index (χ0v) is 11.7. The minimum absolute atomic E-state index is 0.253. The number of nitrogens with zero attached hydrogens (tertiary/aromatic N) is 1. The number of benzene rings is 1. The Bertz CT molecular complexity index is 473. The Balaban J connectivity index is 1.80. The van der Waals surface area contributed by atoms with E-state index in [4.69, 9.17) is 15.2 Å². The molecule has 4 heteroatoms. The Morgan fingerprint density at radius 1 is 1.32 bits per heavy atom. The minimum atomic E-state index is 0.253. The molecule has 0 spiro atoms. The van der Waals surface area contributed by atoms with Gasteiger partial charge in [0.15, 0.2) is 11.5 Å². The van der Waals surface area contributed by atoms with Gasteiger partial charge in [0.05, 0.1) is 0 Å². The lowest BCUT2D eigenvalue weighted by molar-refractivity contribution is 0.173. The first kappa shape index (κ1) is 12.6. The third kappa shape index (κ3) is 2.25. The Morgan fingerprint density at radius 3 is 2.84 bits per heavy atom. The average molecular weight is 262 g/mol. The standard InChI is InChI=1S/C15H22N2O2/c1-15(2)9-17(6-5-11(15)8-16)12-3-4-13-14(7-12)19-10-18-13/h3-4,7,11H,5-6,8-10,16H2,1-2H3. The second-order valence-electron chi connectivity index (χ2n) is 6.17. The normalized spacial score (nSPS) is 24.6. The number of ether oxygens (including phenoxy) is 2. The maximum Gasteiger partial charge on any atom is 0.231 e. The maximum atomic E-state index is 5.88. The molecule has 1 saturated heterocycles. The quantitative estimate of drug-likeness (QED) is 0.888. The predicted octanol–water partition coefficient (Wildman–Crippen LogP) is 2.23. The Hall–Kier alpha value is -1.42. The van der Waals surface area contributed by atoms with Crippen molar-refractivity contribution in [2.45, 2.75) is 20.3 Å². The molecular weight excluding hydrogens is 240 g/mol. The topological polar surface area (TPSA) is 47.7 Å². The van der Waals surface area contributed by atoms with Crippen molar-refractivity contribution >= 4 is 5.69 Å². The Labute approximate surface area is 114 Å². The van der Waals surface area contributed by atoms with Crippen LogP contribution in [-0.4, -0.2) is 26.4 Å². The second kappa shape index (κ2) is 4.60. The fourth-order valence-electron chi connectivity index (χ4n) is 3.14. The van der Waals surface area contributed by atoms with Crippen LogP contribution in [0.1, 0.15) is 20.3 Å². The number of rotatable bonds is 2. The molecule has 2 heterocycles. The fraction of sp³-hybridized carbons (Fsp3) is 0.600. The highest BCUT2D eigenvalue weighted by atomic mass is 16.7. The van der Waals surface area contributed by atoms with Gasteiger partial charge in [0.1, 0.15) is 0 Å². The van der Waals surface area contributed by atoms with Crippen molar-refractivity contribution in [2.75, 3.05) is 31.3 Å². The molecule has 0 aliphatic carbocycles. The summed E-state index contributed by atoms with van der Waals surface area (Å²) < 4.78 is 10.8. The van der Waals surface area contributed by atoms with Gasteiger partial charge in [-0.1, -0.05) is 13.8 Å². The van der Waals surface area contributed by atoms with Crippen LogP contribution >= 0.6 is 0 Å². The monoisotopic (exact) mass is 262 g/mol. The van der Waals surface area contributed by atoms with E-state index >= 15 is 0 Å². The lowest BCUT2D eigenvalue weighted by Gasteiger charge is -2.45. The number of anilines is 1. The van der Waals surface area contributed by atoms with E-state index in [2.05, 4.69) is 30.9 Å². The SMILES string of the molecule is CC1(C)CN(c2ccc3c(c2)OCO3)CCC1CN. The highest BCUT2D eigenvalue weighted by Gasteiger charge is 2.35. The molecule has 0 amide bonds. The van der Waals surface area contributed by atoms with Crippen molar-refractivity contribution in [2.24, 2.45) is 17.1 Å². The molecule has 0 bridgehead atoms. The van der Waals surface area contributed by atoms with E-state index in [1.807, 2.05) is 6.07 Å². The third-order valence-corrected chi connectivity index (χ3v) is 4.46. The van der Waals surface area contributed by atoms with Crippen LogP contribution in [-0.2, 0) is 0 Å². The number of hydrogen-bond acceptors (Lipinski definition) is 4. The van der Waals surface area contributed by atoms with Gasteiger partial charge in [-0.2, -0.15) is 0 Å². The van der Waals surface area contributed by atoms with E-state index in [0.717, 1.165) is 37.6 Å². The molecule has 1 atom stereocenters. The van der Waals surface area contributed by atoms with Crippen LogP contribution in [0.5, 0.6) is 11.5 Å². The number of hydrogen-bond donors (Lipinski definition) is 1. The van der Waals surface area contributed by atoms with Gasteiger partial charge in [-0.05, 0) is 36.4 Å². The summed E-state index contributed by atoms with van der Waals surface area (Å²) in [5, 5.41) is 0. The van der Waals surface area contributed by atoms with Crippen molar-refractivity contribution in [3.63, 3.8) is 0 Å². The molecule has 2 N–H and O–H groups in total. The second-order valence-corrected chi connectivity index (χ2v) is 6.17. The van der Waals surface area contributed by atoms with Crippen LogP contribution < -0.4 is 20.1 Å². The van der Waals surface area contributed by atoms with Crippen LogP contribution in [0.3, 0.4) is 0 Å². The Kier molecular flexibility index (Phi) is 3.05. The smallest absolute Gasteiger partial charge is 0.231 e. The molecule has 3 rings (SSSR count). The highest BCUT2D eigenvalue weighted by Crippen LogP contribution is 2.40. The van der Waals surface area contributed by atoms with Crippen LogP contribution in [0.2, 0.25) is 0 Å². The van der Waals surface area contributed by atoms with Crippen molar-refractivity contribution in [1.29, 1.82) is 0 Å². The van der Waals surface area contributed by atoms with E-state index in [1.165, 1.54) is 5.69 Å². The van der Waals surface area contributed by atoms with Gasteiger partial charge < -0.3 is 20.1 Å². The molecule has 1 aromatic rings. The molecule has 2 aliphatic rings. The summed E-state index contributed by atoms with van der Waals surface area (Å²) in [7, 11) is 0. The number of piperidine rings is 1. The van der Waals surface area contributed by atoms with Gasteiger partial charge in [0, 0.05) is 24.8 Å². The minimum Gasteiger partial charge on any atom is -0.454 e. The van der Waals surface area contributed by atoms with E-state index in [1.54, 1.807) is 0 Å². The summed E-state index contributed by atoms with van der Waals surface area (Å²) in [5.74, 6) is 2.31. The van der Waals surface area contributed by atoms with Gasteiger partial charge >= 0.3 is 0 Å². The largest absolute Gasteiger partial charge is 0.454 e. The van der Waals surface area contributed by atoms with Crippen LogP contribution in [0.25, 0.3) is 0 Å². The molecule has 4 nitrogen and oxygen atoms in total. The molecule has 1 aromatic carbocycles. The summed E-state index contributed by atoms with van der Waals surface area (Å²) in [5.41, 5.74) is 7.35. The first-order valence-electron chi connectivity index (χ1n) is 6.95. The van der Waals surface area contributed by atoms with Gasteiger partial charge in [-0.3, -0.25) is 0 Å². The summed E-state index contributed by atoms with van der Waals surface area (Å²) in [6, 6.07) is 6.20. The summed E-state index contributed by atoms with van der Waals surface area (Å²) in [6.45, 7) is 7.83. The van der Waals surface area contributed by atoms with E-state index in [9.17, 15) is 0 Å². The van der Waals surface area contributed by atoms with E-state index < -0.39 is 0 Å². The molecule has 0 radical (unpaired) electrons. The van der Waals surface area contributed by atoms with E-state index in [-0.39, 0.29) is 5.41 Å².